The summed E-state index contributed by atoms with van der Waals surface area (Å²) in [4.78, 5) is 36.7. The van der Waals surface area contributed by atoms with Gasteiger partial charge in [0, 0.05) is 5.02 Å². The number of nitrogens with zero attached hydrogens (tertiary/aromatic N) is 1. The van der Waals surface area contributed by atoms with Gasteiger partial charge < -0.3 is 4.74 Å². The third kappa shape index (κ3) is 3.11. The Balaban J connectivity index is 2.42. The molecule has 1 aliphatic heterocycles. The van der Waals surface area contributed by atoms with Crippen LogP contribution in [-0.4, -0.2) is 29.8 Å². The Labute approximate surface area is 141 Å². The molecule has 0 aliphatic carbocycles. The molecular formula is C14H10Cl3NO4. The molecule has 2 amide bonds. The molecule has 0 aromatic heterocycles. The molecule has 116 valence electrons. The highest BCUT2D eigenvalue weighted by atomic mass is 35.5. The van der Waals surface area contributed by atoms with E-state index in [2.05, 4.69) is 4.74 Å². The number of imide groups is 1. The van der Waals surface area contributed by atoms with Crippen LogP contribution in [0.4, 0.5) is 0 Å². The first kappa shape index (κ1) is 16.8. The zero-order valence-electron chi connectivity index (χ0n) is 11.3. The molecule has 1 aromatic carbocycles. The van der Waals surface area contributed by atoms with E-state index in [1.165, 1.54) is 7.11 Å². The van der Waals surface area contributed by atoms with Crippen LogP contribution < -0.4 is 0 Å². The van der Waals surface area contributed by atoms with Gasteiger partial charge in [0.05, 0.1) is 19.6 Å². The van der Waals surface area contributed by atoms with Crippen molar-refractivity contribution in [2.75, 3.05) is 7.11 Å². The molecule has 1 heterocycles. The Morgan fingerprint density at radius 3 is 2.05 bits per heavy atom. The SMILES string of the molecule is COC(=O)CC(c1ccc(Cl)cc1)N1C(=O)C(Cl)=C(Cl)C1=O. The van der Waals surface area contributed by atoms with Crippen molar-refractivity contribution in [1.82, 2.24) is 4.90 Å². The summed E-state index contributed by atoms with van der Waals surface area (Å²) in [6.07, 6.45) is -0.218. The number of ether oxygens (including phenoxy) is 1. The van der Waals surface area contributed by atoms with Gasteiger partial charge in [-0.05, 0) is 17.7 Å². The lowest BCUT2D eigenvalue weighted by atomic mass is 10.0. The van der Waals surface area contributed by atoms with Crippen LogP contribution in [0.25, 0.3) is 0 Å². The second-order valence-corrected chi connectivity index (χ2v) is 5.65. The zero-order chi connectivity index (χ0) is 16.4. The van der Waals surface area contributed by atoms with E-state index in [-0.39, 0.29) is 16.5 Å². The highest BCUT2D eigenvalue weighted by molar-refractivity contribution is 6.58. The Morgan fingerprint density at radius 2 is 1.59 bits per heavy atom. The van der Waals surface area contributed by atoms with E-state index >= 15 is 0 Å². The highest BCUT2D eigenvalue weighted by Gasteiger charge is 2.42. The first-order valence-corrected chi connectivity index (χ1v) is 7.25. The molecular weight excluding hydrogens is 353 g/mol. The van der Waals surface area contributed by atoms with Gasteiger partial charge in [-0.2, -0.15) is 0 Å². The molecule has 1 aromatic rings. The molecule has 1 unspecified atom stereocenters. The molecule has 1 aliphatic rings. The van der Waals surface area contributed by atoms with E-state index in [4.69, 9.17) is 34.8 Å². The van der Waals surface area contributed by atoms with E-state index < -0.39 is 23.8 Å². The van der Waals surface area contributed by atoms with Crippen molar-refractivity contribution >= 4 is 52.6 Å². The van der Waals surface area contributed by atoms with Crippen LogP contribution in [0.5, 0.6) is 0 Å². The summed E-state index contributed by atoms with van der Waals surface area (Å²) in [6.45, 7) is 0. The maximum atomic E-state index is 12.1. The molecule has 0 saturated heterocycles. The molecule has 5 nitrogen and oxygen atoms in total. The van der Waals surface area contributed by atoms with Crippen LogP contribution >= 0.6 is 34.8 Å². The van der Waals surface area contributed by atoms with E-state index in [0.29, 0.717) is 10.6 Å². The van der Waals surface area contributed by atoms with E-state index in [9.17, 15) is 14.4 Å². The van der Waals surface area contributed by atoms with Crippen LogP contribution in [0.1, 0.15) is 18.0 Å². The first-order valence-electron chi connectivity index (χ1n) is 6.12. The molecule has 0 bridgehead atoms. The van der Waals surface area contributed by atoms with Crippen molar-refractivity contribution in [3.8, 4) is 0 Å². The largest absolute Gasteiger partial charge is 0.469 e. The number of carbonyl (C=O) groups excluding carboxylic acids is 3. The van der Waals surface area contributed by atoms with Gasteiger partial charge in [-0.25, -0.2) is 0 Å². The normalized spacial score (nSPS) is 16.3. The third-order valence-electron chi connectivity index (χ3n) is 3.16. The average Bonchev–Trinajstić information content (AvgIpc) is 2.70. The van der Waals surface area contributed by atoms with Crippen LogP contribution in [0.2, 0.25) is 5.02 Å². The molecule has 0 N–H and O–H groups in total. The lowest BCUT2D eigenvalue weighted by Gasteiger charge is -2.26. The van der Waals surface area contributed by atoms with E-state index in [1.54, 1.807) is 24.3 Å². The van der Waals surface area contributed by atoms with Gasteiger partial charge in [-0.15, -0.1) is 0 Å². The monoisotopic (exact) mass is 361 g/mol. The smallest absolute Gasteiger partial charge is 0.307 e. The van der Waals surface area contributed by atoms with Crippen molar-refractivity contribution in [3.63, 3.8) is 0 Å². The number of benzene rings is 1. The zero-order valence-corrected chi connectivity index (χ0v) is 13.6. The molecule has 1 atom stereocenters. The third-order valence-corrected chi connectivity index (χ3v) is 4.21. The Bertz CT molecular complexity index is 645. The van der Waals surface area contributed by atoms with Gasteiger partial charge in [0.25, 0.3) is 11.8 Å². The van der Waals surface area contributed by atoms with E-state index in [0.717, 1.165) is 4.90 Å². The maximum Gasteiger partial charge on any atom is 0.307 e. The van der Waals surface area contributed by atoms with Gasteiger partial charge in [0.1, 0.15) is 10.1 Å². The van der Waals surface area contributed by atoms with Crippen LogP contribution in [0.3, 0.4) is 0 Å². The number of rotatable bonds is 4. The summed E-state index contributed by atoms with van der Waals surface area (Å²) in [5.41, 5.74) is 0.535. The minimum absolute atomic E-state index is 0.218. The topological polar surface area (TPSA) is 63.7 Å². The summed E-state index contributed by atoms with van der Waals surface area (Å²) >= 11 is 17.3. The maximum absolute atomic E-state index is 12.1. The van der Waals surface area contributed by atoms with Gasteiger partial charge in [-0.3, -0.25) is 19.3 Å². The number of esters is 1. The van der Waals surface area contributed by atoms with Crippen LogP contribution in [-0.2, 0) is 19.1 Å². The summed E-state index contributed by atoms with van der Waals surface area (Å²) < 4.78 is 4.62. The van der Waals surface area contributed by atoms with Gasteiger partial charge in [0.15, 0.2) is 0 Å². The lowest BCUT2D eigenvalue weighted by Crippen LogP contribution is -2.36. The standard InChI is InChI=1S/C14H10Cl3NO4/c1-22-10(19)6-9(7-2-4-8(15)5-3-7)18-13(20)11(16)12(17)14(18)21/h2-5,9H,6H2,1H3. The molecule has 22 heavy (non-hydrogen) atoms. The Kier molecular flexibility index (Phi) is 5.11. The van der Waals surface area contributed by atoms with Crippen molar-refractivity contribution in [1.29, 1.82) is 0 Å². The highest BCUT2D eigenvalue weighted by Crippen LogP contribution is 2.35. The summed E-state index contributed by atoms with van der Waals surface area (Å²) in [7, 11) is 1.22. The second kappa shape index (κ2) is 6.69. The quantitative estimate of drug-likeness (QED) is 0.610. The fourth-order valence-corrected chi connectivity index (χ4v) is 2.53. The fraction of sp³-hybridized carbons (Fsp3) is 0.214. The second-order valence-electron chi connectivity index (χ2n) is 4.46. The molecule has 0 radical (unpaired) electrons. The Morgan fingerprint density at radius 1 is 1.09 bits per heavy atom. The number of halogens is 3. The fourth-order valence-electron chi connectivity index (χ4n) is 2.06. The number of methoxy groups -OCH3 is 1. The van der Waals surface area contributed by atoms with Crippen molar-refractivity contribution in [2.24, 2.45) is 0 Å². The lowest BCUT2D eigenvalue weighted by molar-refractivity contribution is -0.145. The number of hydrogen-bond acceptors (Lipinski definition) is 4. The van der Waals surface area contributed by atoms with Gasteiger partial charge in [-0.1, -0.05) is 46.9 Å². The van der Waals surface area contributed by atoms with E-state index in [1.807, 2.05) is 0 Å². The van der Waals surface area contributed by atoms with Gasteiger partial charge in [0.2, 0.25) is 0 Å². The predicted octanol–water partition coefficient (Wildman–Crippen LogP) is 3.00. The van der Waals surface area contributed by atoms with Gasteiger partial charge >= 0.3 is 5.97 Å². The van der Waals surface area contributed by atoms with Crippen molar-refractivity contribution in [2.45, 2.75) is 12.5 Å². The Hall–Kier alpha value is -1.56. The molecule has 0 saturated carbocycles. The molecule has 0 fully saturated rings. The minimum Gasteiger partial charge on any atom is -0.469 e. The summed E-state index contributed by atoms with van der Waals surface area (Å²) in [6, 6.07) is 5.51. The number of hydrogen-bond donors (Lipinski definition) is 0. The molecule has 2 rings (SSSR count). The summed E-state index contributed by atoms with van der Waals surface area (Å²) in [5.74, 6) is -2.08. The molecule has 8 heteroatoms. The van der Waals surface area contributed by atoms with Crippen LogP contribution in [0, 0.1) is 0 Å². The minimum atomic E-state index is -0.880. The predicted molar refractivity (Wildman–Crippen MR) is 81.4 cm³/mol. The van der Waals surface area contributed by atoms with Crippen LogP contribution in [0.15, 0.2) is 34.3 Å². The average molecular weight is 363 g/mol. The number of amides is 2. The number of carbonyl (C=O) groups is 3. The first-order chi connectivity index (χ1) is 10.4. The summed E-state index contributed by atoms with van der Waals surface area (Å²) in [5, 5.41) is -0.250. The molecule has 0 spiro atoms. The van der Waals surface area contributed by atoms with Crippen molar-refractivity contribution < 1.29 is 19.1 Å². The van der Waals surface area contributed by atoms with Crippen molar-refractivity contribution in [3.05, 3.63) is 44.9 Å².